The first-order chi connectivity index (χ1) is 15.8. The number of phenolic OH excluding ortho intramolecular Hbond substituents is 1. The molecule has 0 fully saturated rings. The molecule has 3 rings (SSSR count). The Hall–Kier alpha value is -4.35. The molecule has 0 aliphatic heterocycles. The fraction of sp³-hybridized carbons (Fsp3) is 0.0417. The van der Waals surface area contributed by atoms with Gasteiger partial charge < -0.3 is 20.5 Å². The third-order valence-corrected chi connectivity index (χ3v) is 4.54. The summed E-state index contributed by atoms with van der Waals surface area (Å²) in [5.74, 6) is -1.22. The van der Waals surface area contributed by atoms with Gasteiger partial charge in [-0.25, -0.2) is 4.39 Å². The van der Waals surface area contributed by atoms with Crippen molar-refractivity contribution in [3.05, 3.63) is 88.7 Å². The van der Waals surface area contributed by atoms with Crippen molar-refractivity contribution < 1.29 is 23.8 Å². The van der Waals surface area contributed by atoms with Crippen molar-refractivity contribution in [2.24, 2.45) is 0 Å². The fourth-order valence-corrected chi connectivity index (χ4v) is 2.90. The predicted octanol–water partition coefficient (Wildman–Crippen LogP) is 4.75. The Bertz CT molecular complexity index is 1240. The van der Waals surface area contributed by atoms with Gasteiger partial charge in [-0.3, -0.25) is 9.59 Å². The number of amides is 2. The normalized spacial score (nSPS) is 10.8. The smallest absolute Gasteiger partial charge is 0.266 e. The van der Waals surface area contributed by atoms with E-state index in [4.69, 9.17) is 16.3 Å². The molecule has 2 amide bonds. The number of nitrogens with zero attached hydrogens (tertiary/aromatic N) is 1. The molecule has 0 radical (unpaired) electrons. The molecule has 9 heteroatoms. The van der Waals surface area contributed by atoms with Crippen molar-refractivity contribution in [2.75, 3.05) is 17.2 Å². The van der Waals surface area contributed by atoms with Crippen molar-refractivity contribution in [1.82, 2.24) is 0 Å². The average Bonchev–Trinajstić information content (AvgIpc) is 2.80. The van der Waals surface area contributed by atoms with E-state index in [9.17, 15) is 24.3 Å². The third-order valence-electron chi connectivity index (χ3n) is 4.24. The average molecular weight is 466 g/mol. The van der Waals surface area contributed by atoms with Gasteiger partial charge in [0, 0.05) is 11.4 Å². The van der Waals surface area contributed by atoms with Gasteiger partial charge in [0.1, 0.15) is 29.0 Å². The first-order valence-electron chi connectivity index (χ1n) is 9.54. The summed E-state index contributed by atoms with van der Waals surface area (Å²) in [4.78, 5) is 24.3. The largest absolute Gasteiger partial charge is 0.508 e. The minimum atomic E-state index is -0.628. The summed E-state index contributed by atoms with van der Waals surface area (Å²) in [5, 5.41) is 23.9. The number of benzene rings is 3. The Balaban J connectivity index is 1.62. The topological polar surface area (TPSA) is 111 Å². The van der Waals surface area contributed by atoms with Crippen LogP contribution < -0.4 is 15.4 Å². The molecule has 3 aromatic carbocycles. The molecule has 0 bridgehead atoms. The van der Waals surface area contributed by atoms with Crippen LogP contribution in [0.5, 0.6) is 11.5 Å². The molecule has 0 atom stereocenters. The number of halogens is 2. The van der Waals surface area contributed by atoms with Crippen LogP contribution in [-0.2, 0) is 9.59 Å². The Kier molecular flexibility index (Phi) is 7.63. The lowest BCUT2D eigenvalue weighted by molar-refractivity contribution is -0.118. The number of ether oxygens (including phenoxy) is 1. The van der Waals surface area contributed by atoms with E-state index in [1.807, 2.05) is 6.07 Å². The zero-order valence-corrected chi connectivity index (χ0v) is 17.8. The molecule has 0 spiro atoms. The van der Waals surface area contributed by atoms with Crippen LogP contribution in [0.3, 0.4) is 0 Å². The standard InChI is InChI=1S/C24H17ClFN3O4/c25-21-12-15(11-16(13-27)24(32)29-19-6-8-20(30)9-7-19)1-10-22(21)33-14-23(31)28-18-4-2-17(26)3-5-18/h1-12,30H,14H2,(H,28,31)(H,29,32). The van der Waals surface area contributed by atoms with Gasteiger partial charge in [0.05, 0.1) is 5.02 Å². The van der Waals surface area contributed by atoms with Gasteiger partial charge in [0.15, 0.2) is 6.61 Å². The number of hydrogen-bond donors (Lipinski definition) is 3. The quantitative estimate of drug-likeness (QED) is 0.265. The highest BCUT2D eigenvalue weighted by Crippen LogP contribution is 2.27. The molecule has 7 nitrogen and oxygen atoms in total. The molecular weight excluding hydrogens is 449 g/mol. The molecule has 33 heavy (non-hydrogen) atoms. The van der Waals surface area contributed by atoms with Crippen molar-refractivity contribution in [3.63, 3.8) is 0 Å². The van der Waals surface area contributed by atoms with E-state index in [2.05, 4.69) is 10.6 Å². The minimum absolute atomic E-state index is 0.0499. The monoisotopic (exact) mass is 465 g/mol. The molecule has 0 aliphatic carbocycles. The maximum Gasteiger partial charge on any atom is 0.266 e. The summed E-state index contributed by atoms with van der Waals surface area (Å²) >= 11 is 6.21. The van der Waals surface area contributed by atoms with Crippen LogP contribution in [0.25, 0.3) is 6.08 Å². The Morgan fingerprint density at radius 2 is 1.67 bits per heavy atom. The number of phenols is 1. The second-order valence-corrected chi connectivity index (χ2v) is 7.11. The Labute approximate surface area is 193 Å². The van der Waals surface area contributed by atoms with Crippen LogP contribution >= 0.6 is 11.6 Å². The minimum Gasteiger partial charge on any atom is -0.508 e. The summed E-state index contributed by atoms with van der Waals surface area (Å²) in [5.41, 5.74) is 1.15. The van der Waals surface area contributed by atoms with Crippen LogP contribution in [-0.4, -0.2) is 23.5 Å². The number of nitriles is 1. The molecule has 0 unspecified atom stereocenters. The highest BCUT2D eigenvalue weighted by Gasteiger charge is 2.11. The molecule has 3 N–H and O–H groups in total. The second-order valence-electron chi connectivity index (χ2n) is 6.70. The molecule has 3 aromatic rings. The Morgan fingerprint density at radius 3 is 2.30 bits per heavy atom. The molecule has 166 valence electrons. The van der Waals surface area contributed by atoms with Crippen LogP contribution in [0.4, 0.5) is 15.8 Å². The lowest BCUT2D eigenvalue weighted by atomic mass is 10.1. The van der Waals surface area contributed by atoms with E-state index < -0.39 is 17.6 Å². The van der Waals surface area contributed by atoms with Crippen LogP contribution in [0, 0.1) is 17.1 Å². The number of hydrogen-bond acceptors (Lipinski definition) is 5. The SMILES string of the molecule is N#CC(=Cc1ccc(OCC(=O)Nc2ccc(F)cc2)c(Cl)c1)C(=O)Nc1ccc(O)cc1. The van der Waals surface area contributed by atoms with Crippen molar-refractivity contribution in [2.45, 2.75) is 0 Å². The van der Waals surface area contributed by atoms with E-state index in [1.54, 1.807) is 6.07 Å². The number of anilines is 2. The van der Waals surface area contributed by atoms with E-state index in [1.165, 1.54) is 66.7 Å². The summed E-state index contributed by atoms with van der Waals surface area (Å²) in [6.45, 7) is -0.329. The maximum atomic E-state index is 12.9. The van der Waals surface area contributed by atoms with Crippen molar-refractivity contribution in [1.29, 1.82) is 5.26 Å². The summed E-state index contributed by atoms with van der Waals surface area (Å²) in [7, 11) is 0. The van der Waals surface area contributed by atoms with E-state index in [-0.39, 0.29) is 28.7 Å². The molecule has 0 saturated heterocycles. The summed E-state index contributed by atoms with van der Waals surface area (Å²) in [6, 6.07) is 17.5. The molecule has 0 aromatic heterocycles. The zero-order chi connectivity index (χ0) is 23.8. The summed E-state index contributed by atoms with van der Waals surface area (Å²) in [6.07, 6.45) is 1.35. The van der Waals surface area contributed by atoms with Gasteiger partial charge in [-0.2, -0.15) is 5.26 Å². The number of nitrogens with one attached hydrogen (secondary N) is 2. The second kappa shape index (κ2) is 10.8. The lowest BCUT2D eigenvalue weighted by Crippen LogP contribution is -2.20. The van der Waals surface area contributed by atoms with Crippen molar-refractivity contribution in [3.8, 4) is 17.6 Å². The molecule has 0 aliphatic rings. The molecule has 0 saturated carbocycles. The van der Waals surface area contributed by atoms with Crippen LogP contribution in [0.1, 0.15) is 5.56 Å². The third kappa shape index (κ3) is 6.82. The number of aromatic hydroxyl groups is 1. The number of carbonyl (C=O) groups is 2. The van der Waals surface area contributed by atoms with Crippen LogP contribution in [0.2, 0.25) is 5.02 Å². The number of rotatable bonds is 7. The lowest BCUT2D eigenvalue weighted by Gasteiger charge is -2.09. The van der Waals surface area contributed by atoms with Crippen LogP contribution in [0.15, 0.2) is 72.3 Å². The van der Waals surface area contributed by atoms with E-state index in [0.717, 1.165) is 0 Å². The van der Waals surface area contributed by atoms with Gasteiger partial charge in [0.2, 0.25) is 0 Å². The fourth-order valence-electron chi connectivity index (χ4n) is 2.66. The predicted molar refractivity (Wildman–Crippen MR) is 122 cm³/mol. The van der Waals surface area contributed by atoms with Gasteiger partial charge >= 0.3 is 0 Å². The maximum absolute atomic E-state index is 12.9. The van der Waals surface area contributed by atoms with Gasteiger partial charge in [0.25, 0.3) is 11.8 Å². The van der Waals surface area contributed by atoms with Gasteiger partial charge in [-0.1, -0.05) is 17.7 Å². The molecule has 0 heterocycles. The van der Waals surface area contributed by atoms with Gasteiger partial charge in [-0.15, -0.1) is 0 Å². The zero-order valence-electron chi connectivity index (χ0n) is 17.0. The highest BCUT2D eigenvalue weighted by atomic mass is 35.5. The number of carbonyl (C=O) groups excluding carboxylic acids is 2. The Morgan fingerprint density at radius 1 is 1.03 bits per heavy atom. The molecular formula is C24H17ClFN3O4. The first kappa shape index (κ1) is 23.3. The first-order valence-corrected chi connectivity index (χ1v) is 9.92. The van der Waals surface area contributed by atoms with E-state index in [0.29, 0.717) is 16.9 Å². The van der Waals surface area contributed by atoms with E-state index >= 15 is 0 Å². The van der Waals surface area contributed by atoms with Crippen molar-refractivity contribution >= 4 is 40.9 Å². The highest BCUT2D eigenvalue weighted by molar-refractivity contribution is 6.32. The summed E-state index contributed by atoms with van der Waals surface area (Å²) < 4.78 is 18.3. The van der Waals surface area contributed by atoms with Gasteiger partial charge in [-0.05, 0) is 72.3 Å².